The average Bonchev–Trinajstić information content (AvgIpc) is 2.78. The summed E-state index contributed by atoms with van der Waals surface area (Å²) in [5.74, 6) is -0.340. The molecule has 1 saturated heterocycles. The number of hydrogen-bond acceptors (Lipinski definition) is 2. The van der Waals surface area contributed by atoms with Crippen LogP contribution in [0.15, 0.2) is 22.7 Å². The van der Waals surface area contributed by atoms with Crippen molar-refractivity contribution in [1.82, 2.24) is 4.90 Å². The molecule has 1 aliphatic heterocycles. The molecule has 2 atom stereocenters. The van der Waals surface area contributed by atoms with Gasteiger partial charge in [-0.15, -0.1) is 0 Å². The van der Waals surface area contributed by atoms with Gasteiger partial charge in [0.1, 0.15) is 0 Å². The van der Waals surface area contributed by atoms with Crippen LogP contribution in [0.4, 0.5) is 13.2 Å². The van der Waals surface area contributed by atoms with Crippen molar-refractivity contribution in [3.63, 3.8) is 0 Å². The number of likely N-dealkylation sites (tertiary alicyclic amines) is 1. The molecule has 2 rings (SSSR count). The van der Waals surface area contributed by atoms with Crippen LogP contribution < -0.4 is 0 Å². The number of hydrogen-bond donors (Lipinski definition) is 1. The maximum Gasteiger partial charge on any atom is 0.417 e. The summed E-state index contributed by atoms with van der Waals surface area (Å²) >= 11 is 2.85. The zero-order valence-corrected chi connectivity index (χ0v) is 12.9. The van der Waals surface area contributed by atoms with E-state index in [2.05, 4.69) is 15.9 Å². The van der Waals surface area contributed by atoms with Gasteiger partial charge in [0, 0.05) is 16.6 Å². The zero-order valence-electron chi connectivity index (χ0n) is 11.3. The average molecular weight is 366 g/mol. The Morgan fingerprint density at radius 3 is 2.71 bits per heavy atom. The van der Waals surface area contributed by atoms with Gasteiger partial charge in [-0.05, 0) is 30.5 Å². The smallest absolute Gasteiger partial charge is 0.394 e. The van der Waals surface area contributed by atoms with Gasteiger partial charge in [0.25, 0.3) is 5.91 Å². The topological polar surface area (TPSA) is 40.5 Å². The summed E-state index contributed by atoms with van der Waals surface area (Å²) in [6.07, 6.45) is -3.79. The molecule has 116 valence electrons. The Morgan fingerprint density at radius 1 is 1.48 bits per heavy atom. The Balaban J connectivity index is 2.32. The van der Waals surface area contributed by atoms with Crippen molar-refractivity contribution in [3.05, 3.63) is 33.8 Å². The Labute approximate surface area is 128 Å². The second kappa shape index (κ2) is 5.96. The van der Waals surface area contributed by atoms with Crippen molar-refractivity contribution >= 4 is 21.8 Å². The Hall–Kier alpha value is -1.08. The maximum absolute atomic E-state index is 12.9. The van der Waals surface area contributed by atoms with Gasteiger partial charge < -0.3 is 10.0 Å². The fraction of sp³-hybridized carbons (Fsp3) is 0.500. The fourth-order valence-corrected chi connectivity index (χ4v) is 3.05. The molecule has 1 fully saturated rings. The number of aliphatic hydroxyl groups is 1. The number of halogens is 4. The van der Waals surface area contributed by atoms with Gasteiger partial charge in [-0.3, -0.25) is 4.79 Å². The van der Waals surface area contributed by atoms with E-state index in [1.54, 1.807) is 0 Å². The lowest BCUT2D eigenvalue weighted by Gasteiger charge is -2.25. The molecule has 7 heteroatoms. The normalized spacial score (nSPS) is 22.7. The van der Waals surface area contributed by atoms with E-state index in [-0.39, 0.29) is 28.6 Å². The van der Waals surface area contributed by atoms with Crippen molar-refractivity contribution in [2.24, 2.45) is 5.92 Å². The van der Waals surface area contributed by atoms with E-state index in [4.69, 9.17) is 0 Å². The quantitative estimate of drug-likeness (QED) is 0.873. The summed E-state index contributed by atoms with van der Waals surface area (Å²) in [7, 11) is 0. The molecular formula is C14H15BrF3NO2. The molecule has 3 nitrogen and oxygen atoms in total. The molecule has 0 bridgehead atoms. The van der Waals surface area contributed by atoms with Crippen LogP contribution in [0.3, 0.4) is 0 Å². The highest BCUT2D eigenvalue weighted by Gasteiger charge is 2.37. The third kappa shape index (κ3) is 3.23. The predicted molar refractivity (Wildman–Crippen MR) is 74.8 cm³/mol. The monoisotopic (exact) mass is 365 g/mol. The molecule has 1 aromatic rings. The standard InChI is InChI=1S/C14H15BrF3NO2/c1-8-4-5-19(12(8)7-20)13(21)9-2-3-11(15)10(6-9)14(16,17)18/h2-3,6,8,12,20H,4-5,7H2,1H3. The molecule has 1 aromatic carbocycles. The molecule has 1 N–H and O–H groups in total. The molecule has 0 aromatic heterocycles. The Bertz CT molecular complexity index is 548. The minimum atomic E-state index is -4.52. The van der Waals surface area contributed by atoms with Crippen LogP contribution >= 0.6 is 15.9 Å². The summed E-state index contributed by atoms with van der Waals surface area (Å²) < 4.78 is 38.5. The van der Waals surface area contributed by atoms with E-state index >= 15 is 0 Å². The van der Waals surface area contributed by atoms with Gasteiger partial charge in [0.15, 0.2) is 0 Å². The minimum Gasteiger partial charge on any atom is -0.394 e. The van der Waals surface area contributed by atoms with Crippen LogP contribution in [-0.4, -0.2) is 35.1 Å². The van der Waals surface area contributed by atoms with Crippen molar-refractivity contribution in [2.75, 3.05) is 13.2 Å². The largest absolute Gasteiger partial charge is 0.417 e. The maximum atomic E-state index is 12.9. The number of aliphatic hydroxyl groups excluding tert-OH is 1. The van der Waals surface area contributed by atoms with Crippen molar-refractivity contribution in [1.29, 1.82) is 0 Å². The van der Waals surface area contributed by atoms with Crippen LogP contribution in [0.1, 0.15) is 29.3 Å². The molecular weight excluding hydrogens is 351 g/mol. The van der Waals surface area contributed by atoms with Crippen LogP contribution in [0.25, 0.3) is 0 Å². The van der Waals surface area contributed by atoms with E-state index in [0.29, 0.717) is 6.54 Å². The molecule has 1 heterocycles. The molecule has 0 spiro atoms. The lowest BCUT2D eigenvalue weighted by atomic mass is 10.0. The Morgan fingerprint density at radius 2 is 2.14 bits per heavy atom. The van der Waals surface area contributed by atoms with Crippen LogP contribution in [0.2, 0.25) is 0 Å². The predicted octanol–water partition coefficient (Wildman–Crippen LogP) is 3.31. The summed E-state index contributed by atoms with van der Waals surface area (Å²) in [6, 6.07) is 3.10. The molecule has 0 aliphatic carbocycles. The highest BCUT2D eigenvalue weighted by Crippen LogP contribution is 2.36. The summed E-state index contributed by atoms with van der Waals surface area (Å²) in [4.78, 5) is 13.8. The fourth-order valence-electron chi connectivity index (χ4n) is 2.58. The van der Waals surface area contributed by atoms with Gasteiger partial charge in [-0.2, -0.15) is 13.2 Å². The number of benzene rings is 1. The first kappa shape index (κ1) is 16.3. The minimum absolute atomic E-state index is 0.0157. The van der Waals surface area contributed by atoms with Gasteiger partial charge in [0.05, 0.1) is 18.2 Å². The summed E-state index contributed by atoms with van der Waals surface area (Å²) in [6.45, 7) is 2.18. The summed E-state index contributed by atoms with van der Waals surface area (Å²) in [5, 5.41) is 9.35. The number of nitrogens with zero attached hydrogens (tertiary/aromatic N) is 1. The number of carbonyl (C=O) groups excluding carboxylic acids is 1. The first-order chi connectivity index (χ1) is 9.75. The molecule has 0 saturated carbocycles. The van der Waals surface area contributed by atoms with Gasteiger partial charge in [-0.25, -0.2) is 0 Å². The number of rotatable bonds is 2. The van der Waals surface area contributed by atoms with E-state index in [1.165, 1.54) is 17.0 Å². The first-order valence-electron chi connectivity index (χ1n) is 6.54. The summed E-state index contributed by atoms with van der Waals surface area (Å²) in [5.41, 5.74) is -0.890. The highest BCUT2D eigenvalue weighted by atomic mass is 79.9. The number of amides is 1. The third-order valence-corrected chi connectivity index (χ3v) is 4.54. The van der Waals surface area contributed by atoms with E-state index in [9.17, 15) is 23.1 Å². The molecule has 1 aliphatic rings. The van der Waals surface area contributed by atoms with E-state index in [0.717, 1.165) is 12.5 Å². The van der Waals surface area contributed by atoms with Crippen LogP contribution in [-0.2, 0) is 6.18 Å². The highest BCUT2D eigenvalue weighted by molar-refractivity contribution is 9.10. The van der Waals surface area contributed by atoms with Crippen molar-refractivity contribution in [2.45, 2.75) is 25.6 Å². The van der Waals surface area contributed by atoms with Crippen LogP contribution in [0, 0.1) is 5.92 Å². The second-order valence-corrected chi connectivity index (χ2v) is 6.06. The van der Waals surface area contributed by atoms with E-state index < -0.39 is 17.6 Å². The van der Waals surface area contributed by atoms with Crippen molar-refractivity contribution in [3.8, 4) is 0 Å². The lowest BCUT2D eigenvalue weighted by Crippen LogP contribution is -2.39. The van der Waals surface area contributed by atoms with Gasteiger partial charge in [-0.1, -0.05) is 22.9 Å². The first-order valence-corrected chi connectivity index (χ1v) is 7.33. The van der Waals surface area contributed by atoms with E-state index in [1.807, 2.05) is 6.92 Å². The Kier molecular flexibility index (Phi) is 4.63. The zero-order chi connectivity index (χ0) is 15.8. The number of carbonyl (C=O) groups is 1. The molecule has 0 radical (unpaired) electrons. The number of alkyl halides is 3. The van der Waals surface area contributed by atoms with Gasteiger partial charge >= 0.3 is 6.18 Å². The molecule has 1 amide bonds. The second-order valence-electron chi connectivity index (χ2n) is 5.21. The lowest BCUT2D eigenvalue weighted by molar-refractivity contribution is -0.138. The van der Waals surface area contributed by atoms with Crippen LogP contribution in [0.5, 0.6) is 0 Å². The van der Waals surface area contributed by atoms with Crippen molar-refractivity contribution < 1.29 is 23.1 Å². The van der Waals surface area contributed by atoms with Gasteiger partial charge in [0.2, 0.25) is 0 Å². The third-order valence-electron chi connectivity index (χ3n) is 3.85. The molecule has 21 heavy (non-hydrogen) atoms. The SMILES string of the molecule is CC1CCN(C(=O)c2ccc(Br)c(C(F)(F)F)c2)C1CO. The molecule has 2 unspecified atom stereocenters.